The number of alkyl halides is 3. The van der Waals surface area contributed by atoms with Gasteiger partial charge < -0.3 is 15.2 Å². The van der Waals surface area contributed by atoms with Crippen LogP contribution in [0.25, 0.3) is 11.0 Å². The molecule has 0 fully saturated rings. The summed E-state index contributed by atoms with van der Waals surface area (Å²) < 4.78 is 41.1. The van der Waals surface area contributed by atoms with Gasteiger partial charge in [0.1, 0.15) is 6.54 Å². The van der Waals surface area contributed by atoms with E-state index in [0.717, 1.165) is 15.8 Å². The Morgan fingerprint density at radius 2 is 1.56 bits per heavy atom. The van der Waals surface area contributed by atoms with E-state index in [1.54, 1.807) is 24.3 Å². The van der Waals surface area contributed by atoms with E-state index in [1.165, 1.54) is 12.1 Å². The topological polar surface area (TPSA) is 58.9 Å². The normalized spacial score (nSPS) is 12.5. The molecule has 3 aromatic carbocycles. The number of anilines is 2. The molecule has 0 aliphatic heterocycles. The van der Waals surface area contributed by atoms with E-state index in [2.05, 4.69) is 15.6 Å². The van der Waals surface area contributed by atoms with Crippen molar-refractivity contribution in [3.05, 3.63) is 90.3 Å². The van der Waals surface area contributed by atoms with Crippen LogP contribution in [-0.2, 0) is 17.5 Å². The number of hydrogen-bond donors (Lipinski definition) is 2. The largest absolute Gasteiger partial charge is 0.449 e. The number of hydrogen-bond acceptors (Lipinski definition) is 3. The standard InChI is InChI=1S/C24H21F3N4O/c1-16(17-7-3-2-4-8-17)28-18-11-13-19(14-12-18)29-22(32)15-31-21-10-6-5-9-20(21)30-23(31)24(25,26)27/h2-14,16,28H,15H2,1H3,(H,29,32)/t16-/m1/s1. The van der Waals surface area contributed by atoms with Crippen LogP contribution in [0.4, 0.5) is 24.5 Å². The van der Waals surface area contributed by atoms with Gasteiger partial charge in [0.25, 0.3) is 0 Å². The average Bonchev–Trinajstić information content (AvgIpc) is 3.14. The summed E-state index contributed by atoms with van der Waals surface area (Å²) in [5.74, 6) is -1.67. The number of rotatable bonds is 6. The van der Waals surface area contributed by atoms with Gasteiger partial charge in [-0.15, -0.1) is 0 Å². The number of nitrogens with one attached hydrogen (secondary N) is 2. The second kappa shape index (κ2) is 8.74. The van der Waals surface area contributed by atoms with Crippen LogP contribution in [0.15, 0.2) is 78.9 Å². The maximum atomic E-state index is 13.4. The molecule has 1 heterocycles. The van der Waals surface area contributed by atoms with Crippen LogP contribution in [0.2, 0.25) is 0 Å². The predicted octanol–water partition coefficient (Wildman–Crippen LogP) is 5.87. The van der Waals surface area contributed by atoms with Crippen molar-refractivity contribution in [2.24, 2.45) is 0 Å². The summed E-state index contributed by atoms with van der Waals surface area (Å²) in [6, 6.07) is 23.3. The van der Waals surface area contributed by atoms with E-state index in [-0.39, 0.29) is 17.1 Å². The first kappa shape index (κ1) is 21.4. The van der Waals surface area contributed by atoms with Crippen molar-refractivity contribution >= 4 is 28.3 Å². The number of aromatic nitrogens is 2. The quantitative estimate of drug-likeness (QED) is 0.396. The second-order valence-electron chi connectivity index (χ2n) is 7.41. The molecule has 0 saturated carbocycles. The van der Waals surface area contributed by atoms with Crippen molar-refractivity contribution in [3.63, 3.8) is 0 Å². The number of para-hydroxylation sites is 2. The minimum Gasteiger partial charge on any atom is -0.379 e. The Kier molecular flexibility index (Phi) is 5.85. The van der Waals surface area contributed by atoms with Crippen molar-refractivity contribution in [1.82, 2.24) is 9.55 Å². The van der Waals surface area contributed by atoms with Crippen LogP contribution in [0.5, 0.6) is 0 Å². The van der Waals surface area contributed by atoms with Crippen LogP contribution in [0.1, 0.15) is 24.4 Å². The Hall–Kier alpha value is -3.81. The first-order valence-corrected chi connectivity index (χ1v) is 10.0. The highest BCUT2D eigenvalue weighted by molar-refractivity contribution is 5.92. The summed E-state index contributed by atoms with van der Waals surface area (Å²) in [6.07, 6.45) is -4.66. The van der Waals surface area contributed by atoms with E-state index >= 15 is 0 Å². The minimum absolute atomic E-state index is 0.0898. The minimum atomic E-state index is -4.66. The molecule has 1 atom stereocenters. The van der Waals surface area contributed by atoms with Gasteiger partial charge in [-0.1, -0.05) is 42.5 Å². The molecule has 0 unspecified atom stereocenters. The van der Waals surface area contributed by atoms with Gasteiger partial charge in [0.15, 0.2) is 0 Å². The molecule has 0 aliphatic rings. The lowest BCUT2D eigenvalue weighted by Crippen LogP contribution is -2.23. The maximum absolute atomic E-state index is 13.4. The van der Waals surface area contributed by atoms with E-state index in [1.807, 2.05) is 49.4 Å². The molecule has 1 amide bonds. The molecule has 4 rings (SSSR count). The first-order chi connectivity index (χ1) is 15.3. The van der Waals surface area contributed by atoms with Gasteiger partial charge in [0.2, 0.25) is 11.7 Å². The van der Waals surface area contributed by atoms with Crippen molar-refractivity contribution < 1.29 is 18.0 Å². The number of benzene rings is 3. The summed E-state index contributed by atoms with van der Waals surface area (Å²) in [4.78, 5) is 16.2. The van der Waals surface area contributed by atoms with Crippen LogP contribution in [0, 0.1) is 0 Å². The zero-order valence-electron chi connectivity index (χ0n) is 17.2. The number of imidazole rings is 1. The van der Waals surface area contributed by atoms with Gasteiger partial charge in [-0.05, 0) is 48.9 Å². The molecular formula is C24H21F3N4O. The highest BCUT2D eigenvalue weighted by atomic mass is 19.4. The number of carbonyl (C=O) groups is 1. The third-order valence-corrected chi connectivity index (χ3v) is 5.06. The number of halogens is 3. The molecule has 32 heavy (non-hydrogen) atoms. The third-order valence-electron chi connectivity index (χ3n) is 5.06. The molecule has 0 aliphatic carbocycles. The smallest absolute Gasteiger partial charge is 0.379 e. The third kappa shape index (κ3) is 4.74. The molecule has 164 valence electrons. The molecule has 0 bridgehead atoms. The maximum Gasteiger partial charge on any atom is 0.449 e. The number of amides is 1. The van der Waals surface area contributed by atoms with Gasteiger partial charge in [-0.25, -0.2) is 4.98 Å². The number of fused-ring (bicyclic) bond motifs is 1. The Balaban J connectivity index is 1.45. The molecule has 2 N–H and O–H groups in total. The average molecular weight is 438 g/mol. The van der Waals surface area contributed by atoms with Gasteiger partial charge in [-0.3, -0.25) is 4.79 Å². The van der Waals surface area contributed by atoms with Gasteiger partial charge in [0, 0.05) is 17.4 Å². The Morgan fingerprint density at radius 1 is 0.938 bits per heavy atom. The molecule has 0 spiro atoms. The van der Waals surface area contributed by atoms with Crippen molar-refractivity contribution in [2.45, 2.75) is 25.7 Å². The lowest BCUT2D eigenvalue weighted by atomic mass is 10.1. The van der Waals surface area contributed by atoms with Crippen LogP contribution >= 0.6 is 0 Å². The predicted molar refractivity (Wildman–Crippen MR) is 118 cm³/mol. The summed E-state index contributed by atoms with van der Waals surface area (Å²) in [5.41, 5.74) is 2.93. The van der Waals surface area contributed by atoms with E-state index in [9.17, 15) is 18.0 Å². The van der Waals surface area contributed by atoms with Crippen molar-refractivity contribution in [3.8, 4) is 0 Å². The molecule has 8 heteroatoms. The SMILES string of the molecule is C[C@@H](Nc1ccc(NC(=O)Cn2c(C(F)(F)F)nc3ccccc32)cc1)c1ccccc1. The van der Waals surface area contributed by atoms with Crippen molar-refractivity contribution in [2.75, 3.05) is 10.6 Å². The summed E-state index contributed by atoms with van der Waals surface area (Å²) in [5, 5.41) is 6.02. The van der Waals surface area contributed by atoms with Crippen LogP contribution in [-0.4, -0.2) is 15.5 Å². The lowest BCUT2D eigenvalue weighted by Gasteiger charge is -2.16. The van der Waals surface area contributed by atoms with Crippen LogP contribution < -0.4 is 10.6 Å². The molecular weight excluding hydrogens is 417 g/mol. The summed E-state index contributed by atoms with van der Waals surface area (Å²) in [7, 11) is 0. The Morgan fingerprint density at radius 3 is 2.25 bits per heavy atom. The first-order valence-electron chi connectivity index (χ1n) is 10.0. The number of carbonyl (C=O) groups excluding carboxylic acids is 1. The highest BCUT2D eigenvalue weighted by Crippen LogP contribution is 2.31. The van der Waals surface area contributed by atoms with Gasteiger partial charge in [-0.2, -0.15) is 13.2 Å². The summed E-state index contributed by atoms with van der Waals surface area (Å²) >= 11 is 0. The van der Waals surface area contributed by atoms with Gasteiger partial charge >= 0.3 is 6.18 Å². The fourth-order valence-electron chi connectivity index (χ4n) is 3.52. The fraction of sp³-hybridized carbons (Fsp3) is 0.167. The molecule has 0 radical (unpaired) electrons. The van der Waals surface area contributed by atoms with Crippen LogP contribution in [0.3, 0.4) is 0 Å². The van der Waals surface area contributed by atoms with Crippen molar-refractivity contribution in [1.29, 1.82) is 0 Å². The monoisotopic (exact) mass is 438 g/mol. The zero-order valence-corrected chi connectivity index (χ0v) is 17.2. The van der Waals surface area contributed by atoms with Gasteiger partial charge in [0.05, 0.1) is 11.0 Å². The lowest BCUT2D eigenvalue weighted by molar-refractivity contribution is -0.147. The fourth-order valence-corrected chi connectivity index (χ4v) is 3.52. The second-order valence-corrected chi connectivity index (χ2v) is 7.41. The zero-order chi connectivity index (χ0) is 22.7. The molecule has 1 aromatic heterocycles. The molecule has 0 saturated heterocycles. The summed E-state index contributed by atoms with van der Waals surface area (Å²) in [6.45, 7) is 1.54. The van der Waals surface area contributed by atoms with E-state index in [0.29, 0.717) is 5.69 Å². The van der Waals surface area contributed by atoms with E-state index < -0.39 is 24.5 Å². The molecule has 4 aromatic rings. The Labute approximate surface area is 182 Å². The highest BCUT2D eigenvalue weighted by Gasteiger charge is 2.38. The molecule has 5 nitrogen and oxygen atoms in total. The van der Waals surface area contributed by atoms with E-state index in [4.69, 9.17) is 0 Å². The number of nitrogens with zero attached hydrogens (tertiary/aromatic N) is 2. The Bertz CT molecular complexity index is 1220.